The van der Waals surface area contributed by atoms with Crippen molar-refractivity contribution in [1.82, 2.24) is 9.97 Å². The molecule has 124 valence electrons. The van der Waals surface area contributed by atoms with Gasteiger partial charge in [-0.15, -0.1) is 0 Å². The van der Waals surface area contributed by atoms with Crippen LogP contribution in [0.1, 0.15) is 6.42 Å². The van der Waals surface area contributed by atoms with Crippen LogP contribution in [0.3, 0.4) is 0 Å². The summed E-state index contributed by atoms with van der Waals surface area (Å²) in [6.07, 6.45) is 4.68. The third kappa shape index (κ3) is 3.38. The van der Waals surface area contributed by atoms with Crippen LogP contribution < -0.4 is 10.6 Å². The third-order valence-corrected chi connectivity index (χ3v) is 4.25. The Bertz CT molecular complexity index is 905. The maximum Gasteiger partial charge on any atom is 0.0933 e. The molecule has 4 rings (SSSR count). The maximum atomic E-state index is 4.48. The van der Waals surface area contributed by atoms with Gasteiger partial charge in [-0.05, 0) is 30.7 Å². The molecule has 4 aromatic rings. The first kappa shape index (κ1) is 15.4. The Morgan fingerprint density at radius 2 is 1.08 bits per heavy atom. The van der Waals surface area contributed by atoms with Crippen molar-refractivity contribution in [3.05, 3.63) is 73.1 Å². The molecule has 0 spiro atoms. The molecule has 4 nitrogen and oxygen atoms in total. The van der Waals surface area contributed by atoms with Crippen LogP contribution in [0.2, 0.25) is 0 Å². The van der Waals surface area contributed by atoms with Crippen molar-refractivity contribution >= 4 is 33.2 Å². The second kappa shape index (κ2) is 7.18. The van der Waals surface area contributed by atoms with Gasteiger partial charge >= 0.3 is 0 Å². The van der Waals surface area contributed by atoms with E-state index in [-0.39, 0.29) is 0 Å². The van der Waals surface area contributed by atoms with Crippen molar-refractivity contribution in [2.24, 2.45) is 0 Å². The highest BCUT2D eigenvalue weighted by atomic mass is 14.9. The normalized spacial score (nSPS) is 10.9. The van der Waals surface area contributed by atoms with Crippen LogP contribution >= 0.6 is 0 Å². The zero-order valence-corrected chi connectivity index (χ0v) is 13.9. The Labute approximate surface area is 146 Å². The van der Waals surface area contributed by atoms with Gasteiger partial charge in [-0.25, -0.2) is 0 Å². The molecule has 25 heavy (non-hydrogen) atoms. The zero-order chi connectivity index (χ0) is 16.9. The number of para-hydroxylation sites is 2. The summed E-state index contributed by atoms with van der Waals surface area (Å²) < 4.78 is 0. The zero-order valence-electron chi connectivity index (χ0n) is 13.9. The van der Waals surface area contributed by atoms with Gasteiger partial charge < -0.3 is 10.6 Å². The van der Waals surface area contributed by atoms with Crippen molar-refractivity contribution in [3.8, 4) is 0 Å². The average Bonchev–Trinajstić information content (AvgIpc) is 2.68. The summed E-state index contributed by atoms with van der Waals surface area (Å²) >= 11 is 0. The van der Waals surface area contributed by atoms with Gasteiger partial charge in [-0.2, -0.15) is 0 Å². The Morgan fingerprint density at radius 3 is 1.60 bits per heavy atom. The SMILES string of the molecule is c1cnc2c(NCCCNc3cccc4cccnc34)cccc2c1. The molecular formula is C21H20N4. The molecule has 2 aromatic carbocycles. The number of rotatable bonds is 6. The van der Waals surface area contributed by atoms with Crippen LogP contribution in [0, 0.1) is 0 Å². The average molecular weight is 328 g/mol. The fourth-order valence-electron chi connectivity index (χ4n) is 3.03. The number of hydrogen-bond acceptors (Lipinski definition) is 4. The Morgan fingerprint density at radius 1 is 0.600 bits per heavy atom. The van der Waals surface area contributed by atoms with Crippen LogP contribution in [0.25, 0.3) is 21.8 Å². The molecule has 0 radical (unpaired) electrons. The lowest BCUT2D eigenvalue weighted by Crippen LogP contribution is -2.09. The number of pyridine rings is 2. The first-order valence-electron chi connectivity index (χ1n) is 8.57. The lowest BCUT2D eigenvalue weighted by Gasteiger charge is -2.11. The van der Waals surface area contributed by atoms with Gasteiger partial charge in [-0.1, -0.05) is 36.4 Å². The van der Waals surface area contributed by atoms with E-state index in [0.29, 0.717) is 0 Å². The summed E-state index contributed by atoms with van der Waals surface area (Å²) in [5.41, 5.74) is 4.22. The van der Waals surface area contributed by atoms with Crippen molar-refractivity contribution in [1.29, 1.82) is 0 Å². The van der Waals surface area contributed by atoms with Gasteiger partial charge in [0.25, 0.3) is 0 Å². The first-order chi connectivity index (χ1) is 12.4. The highest BCUT2D eigenvalue weighted by Crippen LogP contribution is 2.21. The number of aromatic nitrogens is 2. The number of benzene rings is 2. The van der Waals surface area contributed by atoms with Gasteiger partial charge in [0.05, 0.1) is 22.4 Å². The molecule has 4 heteroatoms. The van der Waals surface area contributed by atoms with E-state index in [2.05, 4.69) is 69.1 Å². The van der Waals surface area contributed by atoms with Gasteiger partial charge in [0, 0.05) is 36.3 Å². The van der Waals surface area contributed by atoms with Crippen LogP contribution in [0.15, 0.2) is 73.1 Å². The highest BCUT2D eigenvalue weighted by Gasteiger charge is 2.02. The molecule has 0 atom stereocenters. The van der Waals surface area contributed by atoms with Crippen LogP contribution in [-0.2, 0) is 0 Å². The number of fused-ring (bicyclic) bond motifs is 2. The minimum Gasteiger partial charge on any atom is -0.383 e. The third-order valence-electron chi connectivity index (χ3n) is 4.25. The Hall–Kier alpha value is -3.14. The van der Waals surface area contributed by atoms with Crippen LogP contribution in [0.4, 0.5) is 11.4 Å². The molecule has 0 saturated heterocycles. The minimum atomic E-state index is 0.890. The first-order valence-corrected chi connectivity index (χ1v) is 8.57. The molecule has 2 heterocycles. The topological polar surface area (TPSA) is 49.8 Å². The smallest absolute Gasteiger partial charge is 0.0933 e. The van der Waals surface area contributed by atoms with Crippen LogP contribution in [0.5, 0.6) is 0 Å². The molecule has 0 aliphatic carbocycles. The standard InChI is InChI=1S/C21H20N4/c1-6-16-8-3-12-24-20(16)18(10-1)22-14-5-15-23-19-11-2-7-17-9-4-13-25-21(17)19/h1-4,6-13,22-23H,5,14-15H2. The van der Waals surface area contributed by atoms with Gasteiger partial charge in [0.15, 0.2) is 0 Å². The molecule has 0 unspecified atom stereocenters. The number of nitrogens with one attached hydrogen (secondary N) is 2. The highest BCUT2D eigenvalue weighted by molar-refractivity contribution is 5.90. The fourth-order valence-corrected chi connectivity index (χ4v) is 3.03. The molecule has 0 saturated carbocycles. The monoisotopic (exact) mass is 328 g/mol. The van der Waals surface area contributed by atoms with Gasteiger partial charge in [0.1, 0.15) is 0 Å². The van der Waals surface area contributed by atoms with E-state index in [1.54, 1.807) is 0 Å². The van der Waals surface area contributed by atoms with E-state index in [1.807, 2.05) is 24.5 Å². The van der Waals surface area contributed by atoms with E-state index in [0.717, 1.165) is 52.7 Å². The summed E-state index contributed by atoms with van der Waals surface area (Å²) in [7, 11) is 0. The number of hydrogen-bond donors (Lipinski definition) is 2. The van der Waals surface area contributed by atoms with E-state index >= 15 is 0 Å². The van der Waals surface area contributed by atoms with E-state index in [9.17, 15) is 0 Å². The predicted octanol–water partition coefficient (Wildman–Crippen LogP) is 4.70. The molecule has 0 fully saturated rings. The van der Waals surface area contributed by atoms with Crippen molar-refractivity contribution in [2.75, 3.05) is 23.7 Å². The molecule has 0 aliphatic rings. The second-order valence-corrected chi connectivity index (χ2v) is 5.97. The van der Waals surface area contributed by atoms with Crippen molar-refractivity contribution in [2.45, 2.75) is 6.42 Å². The minimum absolute atomic E-state index is 0.890. The summed E-state index contributed by atoms with van der Waals surface area (Å²) in [5.74, 6) is 0. The summed E-state index contributed by atoms with van der Waals surface area (Å²) in [4.78, 5) is 8.95. The lowest BCUT2D eigenvalue weighted by molar-refractivity contribution is 0.911. The largest absolute Gasteiger partial charge is 0.383 e. The summed E-state index contributed by atoms with van der Waals surface area (Å²) in [6.45, 7) is 1.78. The van der Waals surface area contributed by atoms with Gasteiger partial charge in [0.2, 0.25) is 0 Å². The van der Waals surface area contributed by atoms with Crippen molar-refractivity contribution in [3.63, 3.8) is 0 Å². The molecule has 0 bridgehead atoms. The Balaban J connectivity index is 1.35. The quantitative estimate of drug-likeness (QED) is 0.504. The van der Waals surface area contributed by atoms with E-state index in [1.165, 1.54) is 0 Å². The van der Waals surface area contributed by atoms with E-state index < -0.39 is 0 Å². The number of nitrogens with zero attached hydrogens (tertiary/aromatic N) is 2. The van der Waals surface area contributed by atoms with Crippen molar-refractivity contribution < 1.29 is 0 Å². The summed E-state index contributed by atoms with van der Waals surface area (Å²) in [5, 5.41) is 9.31. The molecule has 0 amide bonds. The fraction of sp³-hybridized carbons (Fsp3) is 0.143. The Kier molecular flexibility index (Phi) is 4.42. The maximum absolute atomic E-state index is 4.48. The van der Waals surface area contributed by atoms with Gasteiger partial charge in [-0.3, -0.25) is 9.97 Å². The molecular weight excluding hydrogens is 308 g/mol. The molecule has 0 aliphatic heterocycles. The predicted molar refractivity (Wildman–Crippen MR) is 105 cm³/mol. The van der Waals surface area contributed by atoms with E-state index in [4.69, 9.17) is 0 Å². The molecule has 2 N–H and O–H groups in total. The lowest BCUT2D eigenvalue weighted by atomic mass is 10.2. The molecule has 2 aromatic heterocycles. The second-order valence-electron chi connectivity index (χ2n) is 5.97. The summed E-state index contributed by atoms with van der Waals surface area (Å²) in [6, 6.07) is 20.6. The number of anilines is 2. The van der Waals surface area contributed by atoms with Crippen LogP contribution in [-0.4, -0.2) is 23.1 Å².